The molecule has 0 saturated carbocycles. The van der Waals surface area contributed by atoms with Crippen molar-refractivity contribution < 1.29 is 4.39 Å². The second kappa shape index (κ2) is 6.86. The maximum absolute atomic E-state index is 13.2. The molecule has 1 unspecified atom stereocenters. The Balaban J connectivity index is 2.40. The summed E-state index contributed by atoms with van der Waals surface area (Å²) in [5, 5.41) is 3.42. The van der Waals surface area contributed by atoms with Crippen molar-refractivity contribution in [1.82, 2.24) is 5.32 Å². The zero-order valence-corrected chi connectivity index (χ0v) is 11.7. The van der Waals surface area contributed by atoms with Crippen LogP contribution in [-0.2, 0) is 5.41 Å². The van der Waals surface area contributed by atoms with E-state index < -0.39 is 0 Å². The summed E-state index contributed by atoms with van der Waals surface area (Å²) in [4.78, 5) is 0. The zero-order valence-electron chi connectivity index (χ0n) is 11.7. The maximum Gasteiger partial charge on any atom is 0.123 e. The molecule has 0 fully saturated rings. The van der Waals surface area contributed by atoms with E-state index in [0.717, 1.165) is 31.5 Å². The van der Waals surface area contributed by atoms with Crippen LogP contribution >= 0.6 is 0 Å². The van der Waals surface area contributed by atoms with Gasteiger partial charge < -0.3 is 11.1 Å². The molecule has 0 amide bonds. The molecule has 0 radical (unpaired) electrons. The number of hydrogen-bond acceptors (Lipinski definition) is 2. The van der Waals surface area contributed by atoms with E-state index in [2.05, 4.69) is 19.2 Å². The molecule has 0 heterocycles. The van der Waals surface area contributed by atoms with Crippen molar-refractivity contribution in [2.24, 2.45) is 5.73 Å². The first kappa shape index (κ1) is 15.1. The van der Waals surface area contributed by atoms with Gasteiger partial charge in [-0.3, -0.25) is 0 Å². The van der Waals surface area contributed by atoms with E-state index in [-0.39, 0.29) is 17.3 Å². The van der Waals surface area contributed by atoms with E-state index in [0.29, 0.717) is 0 Å². The van der Waals surface area contributed by atoms with E-state index in [1.807, 2.05) is 13.0 Å². The van der Waals surface area contributed by atoms with E-state index in [1.165, 1.54) is 6.07 Å². The predicted octanol–water partition coefficient (Wildman–Crippen LogP) is 2.82. The highest BCUT2D eigenvalue weighted by Crippen LogP contribution is 2.22. The van der Waals surface area contributed by atoms with Gasteiger partial charge in [0.25, 0.3) is 0 Å². The van der Waals surface area contributed by atoms with Crippen molar-refractivity contribution in [2.45, 2.75) is 45.1 Å². The van der Waals surface area contributed by atoms with E-state index in [1.54, 1.807) is 12.1 Å². The lowest BCUT2D eigenvalue weighted by Crippen LogP contribution is -2.34. The fraction of sp³-hybridized carbons (Fsp3) is 0.600. The summed E-state index contributed by atoms with van der Waals surface area (Å²) in [5.41, 5.74) is 6.67. The first-order valence-electron chi connectivity index (χ1n) is 6.64. The molecule has 18 heavy (non-hydrogen) atoms. The molecule has 0 bridgehead atoms. The molecule has 0 saturated heterocycles. The molecule has 0 spiro atoms. The number of nitrogens with two attached hydrogens (primary N) is 1. The molecule has 3 heteroatoms. The molecule has 0 aromatic heterocycles. The van der Waals surface area contributed by atoms with Crippen LogP contribution in [-0.4, -0.2) is 19.1 Å². The molecule has 0 aliphatic rings. The van der Waals surface area contributed by atoms with E-state index in [4.69, 9.17) is 5.73 Å². The third-order valence-electron chi connectivity index (χ3n) is 3.19. The van der Waals surface area contributed by atoms with Gasteiger partial charge in [-0.25, -0.2) is 4.39 Å². The Hall–Kier alpha value is -0.930. The van der Waals surface area contributed by atoms with Crippen LogP contribution in [0.2, 0.25) is 0 Å². The normalized spacial score (nSPS) is 13.6. The minimum absolute atomic E-state index is 0.0591. The highest BCUT2D eigenvalue weighted by Gasteiger charge is 2.20. The van der Waals surface area contributed by atoms with Crippen molar-refractivity contribution in [2.75, 3.05) is 13.1 Å². The summed E-state index contributed by atoms with van der Waals surface area (Å²) >= 11 is 0. The SMILES string of the molecule is CC(N)CCCNCC(C)(C)c1cccc(F)c1. The summed E-state index contributed by atoms with van der Waals surface area (Å²) in [6.45, 7) is 8.08. The van der Waals surface area contributed by atoms with Crippen LogP contribution in [0.5, 0.6) is 0 Å². The first-order chi connectivity index (χ1) is 8.42. The molecule has 102 valence electrons. The van der Waals surface area contributed by atoms with Crippen LogP contribution < -0.4 is 11.1 Å². The number of halogens is 1. The smallest absolute Gasteiger partial charge is 0.123 e. The van der Waals surface area contributed by atoms with Crippen molar-refractivity contribution >= 4 is 0 Å². The van der Waals surface area contributed by atoms with Gasteiger partial charge in [0.1, 0.15) is 5.82 Å². The minimum Gasteiger partial charge on any atom is -0.328 e. The molecule has 2 nitrogen and oxygen atoms in total. The molecule has 1 aromatic rings. The highest BCUT2D eigenvalue weighted by molar-refractivity contribution is 5.24. The highest BCUT2D eigenvalue weighted by atomic mass is 19.1. The Bertz CT molecular complexity index is 361. The lowest BCUT2D eigenvalue weighted by atomic mass is 9.84. The largest absolute Gasteiger partial charge is 0.328 e. The molecule has 1 atom stereocenters. The van der Waals surface area contributed by atoms with Gasteiger partial charge in [-0.15, -0.1) is 0 Å². The molecular weight excluding hydrogens is 227 g/mol. The standard InChI is InChI=1S/C15H25FN2/c1-12(17)6-5-9-18-11-15(2,3)13-7-4-8-14(16)10-13/h4,7-8,10,12,18H,5-6,9,11,17H2,1-3H3. The first-order valence-corrected chi connectivity index (χ1v) is 6.64. The molecule has 0 aliphatic carbocycles. The minimum atomic E-state index is -0.169. The van der Waals surface area contributed by atoms with E-state index in [9.17, 15) is 4.39 Å². The zero-order chi connectivity index (χ0) is 13.6. The van der Waals surface area contributed by atoms with Gasteiger partial charge in [0, 0.05) is 18.0 Å². The number of hydrogen-bond donors (Lipinski definition) is 2. The second-order valence-corrected chi connectivity index (χ2v) is 5.69. The molecule has 1 rings (SSSR count). The van der Waals surface area contributed by atoms with Crippen LogP contribution in [0.1, 0.15) is 39.2 Å². The van der Waals surface area contributed by atoms with Crippen LogP contribution in [0.15, 0.2) is 24.3 Å². The van der Waals surface area contributed by atoms with Crippen LogP contribution in [0.25, 0.3) is 0 Å². The predicted molar refractivity (Wildman–Crippen MR) is 75.2 cm³/mol. The number of rotatable bonds is 7. The van der Waals surface area contributed by atoms with Gasteiger partial charge in [0.2, 0.25) is 0 Å². The second-order valence-electron chi connectivity index (χ2n) is 5.69. The third kappa shape index (κ3) is 5.15. The van der Waals surface area contributed by atoms with Crippen molar-refractivity contribution in [1.29, 1.82) is 0 Å². The Morgan fingerprint density at radius 3 is 2.72 bits per heavy atom. The maximum atomic E-state index is 13.2. The Morgan fingerprint density at radius 2 is 2.11 bits per heavy atom. The summed E-state index contributed by atoms with van der Waals surface area (Å²) in [5.74, 6) is -0.169. The molecular formula is C15H25FN2. The van der Waals surface area contributed by atoms with Gasteiger partial charge in [-0.05, 0) is 44.0 Å². The topological polar surface area (TPSA) is 38.0 Å². The average Bonchev–Trinajstić information content (AvgIpc) is 2.28. The lowest BCUT2D eigenvalue weighted by Gasteiger charge is -2.26. The summed E-state index contributed by atoms with van der Waals surface area (Å²) in [6.07, 6.45) is 2.12. The fourth-order valence-electron chi connectivity index (χ4n) is 1.96. The van der Waals surface area contributed by atoms with Crippen LogP contribution in [0.3, 0.4) is 0 Å². The third-order valence-corrected chi connectivity index (χ3v) is 3.19. The Labute approximate surface area is 110 Å². The van der Waals surface area contributed by atoms with Crippen LogP contribution in [0.4, 0.5) is 4.39 Å². The quantitative estimate of drug-likeness (QED) is 0.732. The number of nitrogens with one attached hydrogen (secondary N) is 1. The lowest BCUT2D eigenvalue weighted by molar-refractivity contribution is 0.456. The van der Waals surface area contributed by atoms with Gasteiger partial charge in [-0.1, -0.05) is 26.0 Å². The molecule has 0 aliphatic heterocycles. The van der Waals surface area contributed by atoms with Gasteiger partial charge >= 0.3 is 0 Å². The molecule has 1 aromatic carbocycles. The molecule has 3 N–H and O–H groups in total. The van der Waals surface area contributed by atoms with Crippen LogP contribution in [0, 0.1) is 5.82 Å². The Kier molecular flexibility index (Phi) is 5.76. The monoisotopic (exact) mass is 252 g/mol. The van der Waals surface area contributed by atoms with Gasteiger partial charge in [0.15, 0.2) is 0 Å². The van der Waals surface area contributed by atoms with Crippen molar-refractivity contribution in [3.8, 4) is 0 Å². The fourth-order valence-corrected chi connectivity index (χ4v) is 1.96. The van der Waals surface area contributed by atoms with E-state index >= 15 is 0 Å². The average molecular weight is 252 g/mol. The van der Waals surface area contributed by atoms with Crippen molar-refractivity contribution in [3.63, 3.8) is 0 Å². The Morgan fingerprint density at radius 1 is 1.39 bits per heavy atom. The van der Waals surface area contributed by atoms with Gasteiger partial charge in [0.05, 0.1) is 0 Å². The van der Waals surface area contributed by atoms with Crippen molar-refractivity contribution in [3.05, 3.63) is 35.6 Å². The summed E-state index contributed by atoms with van der Waals surface area (Å²) in [7, 11) is 0. The van der Waals surface area contributed by atoms with Gasteiger partial charge in [-0.2, -0.15) is 0 Å². The summed E-state index contributed by atoms with van der Waals surface area (Å²) in [6, 6.07) is 7.11. The summed E-state index contributed by atoms with van der Waals surface area (Å²) < 4.78 is 13.2. The number of benzene rings is 1.